The van der Waals surface area contributed by atoms with Gasteiger partial charge in [0.2, 0.25) is 11.8 Å². The molecule has 20 heavy (non-hydrogen) atoms. The maximum absolute atomic E-state index is 12.5. The van der Waals surface area contributed by atoms with E-state index in [4.69, 9.17) is 10.5 Å². The SMILES string of the molecule is COc1cccc(N)c1C(=O)N1CC(=O)NC(=O)C1C. The van der Waals surface area contributed by atoms with Crippen molar-refractivity contribution in [2.45, 2.75) is 13.0 Å². The number of nitrogens with zero attached hydrogens (tertiary/aromatic N) is 1. The third-order valence-electron chi connectivity index (χ3n) is 3.18. The van der Waals surface area contributed by atoms with Crippen LogP contribution in [0.2, 0.25) is 0 Å². The number of nitrogen functional groups attached to an aromatic ring is 1. The monoisotopic (exact) mass is 277 g/mol. The van der Waals surface area contributed by atoms with Gasteiger partial charge in [-0.15, -0.1) is 0 Å². The topological polar surface area (TPSA) is 102 Å². The van der Waals surface area contributed by atoms with Crippen molar-refractivity contribution in [2.75, 3.05) is 19.4 Å². The number of carbonyl (C=O) groups is 3. The molecule has 2 rings (SSSR count). The first-order valence-electron chi connectivity index (χ1n) is 6.03. The van der Waals surface area contributed by atoms with Crippen LogP contribution in [0.1, 0.15) is 17.3 Å². The summed E-state index contributed by atoms with van der Waals surface area (Å²) in [7, 11) is 1.42. The Labute approximate surface area is 115 Å². The molecule has 1 atom stereocenters. The number of anilines is 1. The van der Waals surface area contributed by atoms with E-state index in [-0.39, 0.29) is 17.8 Å². The maximum Gasteiger partial charge on any atom is 0.260 e. The Morgan fingerprint density at radius 1 is 1.45 bits per heavy atom. The molecule has 0 radical (unpaired) electrons. The third kappa shape index (κ3) is 2.29. The Balaban J connectivity index is 2.40. The van der Waals surface area contributed by atoms with Crippen molar-refractivity contribution < 1.29 is 19.1 Å². The molecule has 0 bridgehead atoms. The summed E-state index contributed by atoms with van der Waals surface area (Å²) in [5, 5.41) is 2.17. The molecule has 1 aromatic rings. The van der Waals surface area contributed by atoms with Crippen molar-refractivity contribution >= 4 is 23.4 Å². The average Bonchev–Trinajstić information content (AvgIpc) is 2.41. The van der Waals surface area contributed by atoms with Gasteiger partial charge in [0, 0.05) is 5.69 Å². The molecule has 7 heteroatoms. The van der Waals surface area contributed by atoms with Crippen LogP contribution in [-0.2, 0) is 9.59 Å². The molecule has 3 N–H and O–H groups in total. The molecular weight excluding hydrogens is 262 g/mol. The van der Waals surface area contributed by atoms with Crippen molar-refractivity contribution in [1.29, 1.82) is 0 Å². The number of rotatable bonds is 2. The number of nitrogens with one attached hydrogen (secondary N) is 1. The van der Waals surface area contributed by atoms with Gasteiger partial charge in [-0.25, -0.2) is 0 Å². The zero-order chi connectivity index (χ0) is 14.9. The molecule has 0 aliphatic carbocycles. The number of methoxy groups -OCH3 is 1. The lowest BCUT2D eigenvalue weighted by atomic mass is 10.1. The molecule has 0 aromatic heterocycles. The molecule has 1 fully saturated rings. The first kappa shape index (κ1) is 13.9. The van der Waals surface area contributed by atoms with Crippen LogP contribution in [0.3, 0.4) is 0 Å². The van der Waals surface area contributed by atoms with Crippen molar-refractivity contribution in [3.8, 4) is 5.75 Å². The summed E-state index contributed by atoms with van der Waals surface area (Å²) >= 11 is 0. The predicted molar refractivity (Wildman–Crippen MR) is 71.1 cm³/mol. The Bertz CT molecular complexity index is 585. The van der Waals surface area contributed by atoms with Gasteiger partial charge in [0.25, 0.3) is 5.91 Å². The highest BCUT2D eigenvalue weighted by molar-refractivity contribution is 6.09. The van der Waals surface area contributed by atoms with Crippen LogP contribution in [0.15, 0.2) is 18.2 Å². The van der Waals surface area contributed by atoms with Gasteiger partial charge in [-0.1, -0.05) is 6.07 Å². The maximum atomic E-state index is 12.5. The fourth-order valence-corrected chi connectivity index (χ4v) is 2.05. The molecule has 1 heterocycles. The Morgan fingerprint density at radius 2 is 2.15 bits per heavy atom. The summed E-state index contributed by atoms with van der Waals surface area (Å²) in [5.41, 5.74) is 6.20. The minimum atomic E-state index is -0.746. The molecule has 1 aliphatic heterocycles. The predicted octanol–water partition coefficient (Wildman–Crippen LogP) is -0.236. The van der Waals surface area contributed by atoms with E-state index in [1.165, 1.54) is 12.0 Å². The summed E-state index contributed by atoms with van der Waals surface area (Å²) in [6.07, 6.45) is 0. The van der Waals surface area contributed by atoms with E-state index in [2.05, 4.69) is 5.32 Å². The van der Waals surface area contributed by atoms with Crippen LogP contribution in [0.25, 0.3) is 0 Å². The molecule has 0 saturated carbocycles. The highest BCUT2D eigenvalue weighted by atomic mass is 16.5. The fourth-order valence-electron chi connectivity index (χ4n) is 2.05. The van der Waals surface area contributed by atoms with E-state index in [0.29, 0.717) is 5.75 Å². The standard InChI is InChI=1S/C13H15N3O4/c1-7-12(18)15-10(17)6-16(7)13(19)11-8(14)4-3-5-9(11)20-2/h3-5,7H,6,14H2,1-2H3,(H,15,17,18). The van der Waals surface area contributed by atoms with Gasteiger partial charge in [-0.2, -0.15) is 0 Å². The molecule has 1 aromatic carbocycles. The second-order valence-electron chi connectivity index (χ2n) is 4.45. The molecule has 0 spiro atoms. The number of ether oxygens (including phenoxy) is 1. The van der Waals surface area contributed by atoms with E-state index >= 15 is 0 Å². The summed E-state index contributed by atoms with van der Waals surface area (Å²) in [5.74, 6) is -1.23. The van der Waals surface area contributed by atoms with E-state index in [1.54, 1.807) is 25.1 Å². The second kappa shape index (κ2) is 5.20. The number of hydrogen-bond acceptors (Lipinski definition) is 5. The summed E-state index contributed by atoms with van der Waals surface area (Å²) in [4.78, 5) is 36.7. The van der Waals surface area contributed by atoms with Crippen LogP contribution in [0, 0.1) is 0 Å². The Kier molecular flexibility index (Phi) is 3.60. The zero-order valence-electron chi connectivity index (χ0n) is 11.2. The van der Waals surface area contributed by atoms with Gasteiger partial charge in [0.05, 0.1) is 7.11 Å². The van der Waals surface area contributed by atoms with Gasteiger partial charge in [0.1, 0.15) is 23.9 Å². The molecule has 1 unspecified atom stereocenters. The highest BCUT2D eigenvalue weighted by Crippen LogP contribution is 2.26. The van der Waals surface area contributed by atoms with Crippen LogP contribution >= 0.6 is 0 Å². The van der Waals surface area contributed by atoms with Crippen LogP contribution < -0.4 is 15.8 Å². The number of hydrogen-bond donors (Lipinski definition) is 2. The first-order chi connectivity index (χ1) is 9.45. The molecule has 7 nitrogen and oxygen atoms in total. The number of piperazine rings is 1. The van der Waals surface area contributed by atoms with E-state index in [0.717, 1.165) is 0 Å². The average molecular weight is 277 g/mol. The molecule has 106 valence electrons. The smallest absolute Gasteiger partial charge is 0.260 e. The first-order valence-corrected chi connectivity index (χ1v) is 6.03. The summed E-state index contributed by atoms with van der Waals surface area (Å²) < 4.78 is 5.11. The minimum Gasteiger partial charge on any atom is -0.496 e. The van der Waals surface area contributed by atoms with Crippen molar-refractivity contribution in [3.63, 3.8) is 0 Å². The third-order valence-corrected chi connectivity index (χ3v) is 3.18. The van der Waals surface area contributed by atoms with E-state index in [9.17, 15) is 14.4 Å². The zero-order valence-corrected chi connectivity index (χ0v) is 11.2. The lowest BCUT2D eigenvalue weighted by molar-refractivity contribution is -0.138. The van der Waals surface area contributed by atoms with Gasteiger partial charge in [0.15, 0.2) is 0 Å². The molecular formula is C13H15N3O4. The lowest BCUT2D eigenvalue weighted by Crippen LogP contribution is -2.58. The quantitative estimate of drug-likeness (QED) is 0.574. The fraction of sp³-hybridized carbons (Fsp3) is 0.308. The van der Waals surface area contributed by atoms with Gasteiger partial charge >= 0.3 is 0 Å². The van der Waals surface area contributed by atoms with Gasteiger partial charge < -0.3 is 15.4 Å². The van der Waals surface area contributed by atoms with Gasteiger partial charge in [-0.05, 0) is 19.1 Å². The lowest BCUT2D eigenvalue weighted by Gasteiger charge is -2.32. The number of carbonyl (C=O) groups excluding carboxylic acids is 3. The number of imide groups is 1. The van der Waals surface area contributed by atoms with E-state index < -0.39 is 23.8 Å². The molecule has 3 amide bonds. The number of nitrogens with two attached hydrogens (primary N) is 1. The normalized spacial score (nSPS) is 18.7. The Morgan fingerprint density at radius 3 is 2.80 bits per heavy atom. The number of benzene rings is 1. The summed E-state index contributed by atoms with van der Waals surface area (Å²) in [6.45, 7) is 1.36. The Hall–Kier alpha value is -2.57. The molecule has 1 aliphatic rings. The minimum absolute atomic E-state index is 0.157. The van der Waals surface area contributed by atoms with Crippen molar-refractivity contribution in [3.05, 3.63) is 23.8 Å². The highest BCUT2D eigenvalue weighted by Gasteiger charge is 2.35. The molecule has 1 saturated heterocycles. The van der Waals surface area contributed by atoms with Crippen molar-refractivity contribution in [1.82, 2.24) is 10.2 Å². The van der Waals surface area contributed by atoms with E-state index in [1.807, 2.05) is 0 Å². The van der Waals surface area contributed by atoms with Crippen molar-refractivity contribution in [2.24, 2.45) is 0 Å². The second-order valence-corrected chi connectivity index (χ2v) is 4.45. The van der Waals surface area contributed by atoms with Gasteiger partial charge in [-0.3, -0.25) is 19.7 Å². The van der Waals surface area contributed by atoms with Crippen LogP contribution in [0.4, 0.5) is 5.69 Å². The van der Waals surface area contributed by atoms with Crippen LogP contribution in [-0.4, -0.2) is 42.3 Å². The largest absolute Gasteiger partial charge is 0.496 e. The summed E-state index contributed by atoms with van der Waals surface area (Å²) in [6, 6.07) is 4.07. The van der Waals surface area contributed by atoms with Crippen LogP contribution in [0.5, 0.6) is 5.75 Å². The number of amides is 3.